The molecule has 1 amide bonds. The number of aromatic nitrogens is 1. The Hall–Kier alpha value is -2.21. The van der Waals surface area contributed by atoms with Gasteiger partial charge in [-0.15, -0.1) is 0 Å². The maximum atomic E-state index is 12.6. The van der Waals surface area contributed by atoms with Gasteiger partial charge in [0.15, 0.2) is 5.78 Å². The first-order valence-corrected chi connectivity index (χ1v) is 6.77. The highest BCUT2D eigenvalue weighted by molar-refractivity contribution is 5.94. The van der Waals surface area contributed by atoms with Crippen LogP contribution in [0.25, 0.3) is 0 Å². The molecule has 1 aromatic rings. The number of carbonyl (C=O) groups is 2. The summed E-state index contributed by atoms with van der Waals surface area (Å²) in [5.74, 6) is 0.178. The van der Waals surface area contributed by atoms with Crippen molar-refractivity contribution in [2.75, 3.05) is 13.7 Å². The monoisotopic (exact) mass is 289 g/mol. The zero-order valence-electron chi connectivity index (χ0n) is 12.2. The van der Waals surface area contributed by atoms with Crippen molar-refractivity contribution in [2.24, 2.45) is 0 Å². The molecule has 1 fully saturated rings. The fraction of sp³-hybridized carbons (Fsp3) is 0.400. The molecule has 0 bridgehead atoms. The summed E-state index contributed by atoms with van der Waals surface area (Å²) in [6.45, 7) is 1.31. The molecular weight excluding hydrogens is 270 g/mol. The minimum absolute atomic E-state index is 0.120. The molecule has 1 aromatic heterocycles. The third-order valence-electron chi connectivity index (χ3n) is 3.58. The van der Waals surface area contributed by atoms with E-state index in [0.717, 1.165) is 5.56 Å². The van der Waals surface area contributed by atoms with Crippen LogP contribution < -0.4 is 5.32 Å². The van der Waals surface area contributed by atoms with Gasteiger partial charge in [0.1, 0.15) is 11.4 Å². The summed E-state index contributed by atoms with van der Waals surface area (Å²) < 4.78 is 0. The van der Waals surface area contributed by atoms with Gasteiger partial charge in [0.2, 0.25) is 0 Å². The summed E-state index contributed by atoms with van der Waals surface area (Å²) in [5.41, 5.74) is 0.0170. The van der Waals surface area contributed by atoms with E-state index in [1.54, 1.807) is 19.4 Å². The molecule has 6 heteroatoms. The van der Waals surface area contributed by atoms with Crippen molar-refractivity contribution in [3.05, 3.63) is 42.0 Å². The number of nitrogens with one attached hydrogen (secondary N) is 1. The Bertz CT molecular complexity index is 571. The van der Waals surface area contributed by atoms with Gasteiger partial charge in [-0.05, 0) is 24.6 Å². The van der Waals surface area contributed by atoms with Crippen molar-refractivity contribution in [3.63, 3.8) is 0 Å². The molecule has 0 spiro atoms. The highest BCUT2D eigenvalue weighted by Crippen LogP contribution is 2.28. The molecular formula is C15H19N3O3. The molecule has 112 valence electrons. The summed E-state index contributed by atoms with van der Waals surface area (Å²) in [6, 6.07) is 3.67. The lowest BCUT2D eigenvalue weighted by atomic mass is 9.88. The maximum Gasteiger partial charge on any atom is 0.253 e. The first-order valence-electron chi connectivity index (χ1n) is 6.77. The first kappa shape index (κ1) is 15.2. The molecule has 1 atom stereocenters. The Morgan fingerprint density at radius 2 is 2.14 bits per heavy atom. The summed E-state index contributed by atoms with van der Waals surface area (Å²) in [6.07, 6.45) is 5.42. The Labute approximate surface area is 123 Å². The molecule has 2 N–H and O–H groups in total. The highest BCUT2D eigenvalue weighted by Gasteiger charge is 2.47. The topological polar surface area (TPSA) is 82.5 Å². The number of ketones is 1. The number of hydrogen-bond acceptors (Lipinski definition) is 5. The number of carbonyl (C=O) groups excluding carboxylic acids is 2. The van der Waals surface area contributed by atoms with Gasteiger partial charge in [0.05, 0.1) is 0 Å². The number of nitrogens with zero attached hydrogens (tertiary/aromatic N) is 2. The first-order chi connectivity index (χ1) is 9.98. The SMILES string of the molecule is CC(=O)/C=C1\NC(CCO)(Cc2ccncc2)C(=O)N1C. The Kier molecular flexibility index (Phi) is 4.37. The number of aliphatic hydroxyl groups excluding tert-OH is 1. The van der Waals surface area contributed by atoms with Crippen LogP contribution in [0.5, 0.6) is 0 Å². The third kappa shape index (κ3) is 3.11. The molecule has 0 radical (unpaired) electrons. The van der Waals surface area contributed by atoms with Crippen molar-refractivity contribution in [3.8, 4) is 0 Å². The molecule has 0 saturated carbocycles. The van der Waals surface area contributed by atoms with Crippen LogP contribution in [0.3, 0.4) is 0 Å². The lowest BCUT2D eigenvalue weighted by Gasteiger charge is -2.26. The van der Waals surface area contributed by atoms with Gasteiger partial charge in [0.25, 0.3) is 5.91 Å². The average Bonchev–Trinajstić information content (AvgIpc) is 2.65. The van der Waals surface area contributed by atoms with Gasteiger partial charge >= 0.3 is 0 Å². The molecule has 0 aromatic carbocycles. The Balaban J connectivity index is 2.34. The molecule has 2 rings (SSSR count). The standard InChI is InChI=1S/C15H19N3O3/c1-11(20)9-13-17-15(5-8-19,14(21)18(13)2)10-12-3-6-16-7-4-12/h3-4,6-7,9,17,19H,5,8,10H2,1-2H3/b13-9+. The van der Waals surface area contributed by atoms with Crippen LogP contribution in [0.1, 0.15) is 18.9 Å². The molecule has 6 nitrogen and oxygen atoms in total. The number of hydrogen-bond donors (Lipinski definition) is 2. The lowest BCUT2D eigenvalue weighted by Crippen LogP contribution is -2.49. The molecule has 1 unspecified atom stereocenters. The minimum Gasteiger partial charge on any atom is -0.396 e. The van der Waals surface area contributed by atoms with Crippen LogP contribution in [0.2, 0.25) is 0 Å². The summed E-state index contributed by atoms with van der Waals surface area (Å²) in [7, 11) is 1.62. The lowest BCUT2D eigenvalue weighted by molar-refractivity contribution is -0.131. The van der Waals surface area contributed by atoms with Crippen molar-refractivity contribution >= 4 is 11.7 Å². The third-order valence-corrected chi connectivity index (χ3v) is 3.58. The Morgan fingerprint density at radius 3 is 2.71 bits per heavy atom. The Morgan fingerprint density at radius 1 is 1.48 bits per heavy atom. The van der Waals surface area contributed by atoms with Crippen LogP contribution >= 0.6 is 0 Å². The van der Waals surface area contributed by atoms with Gasteiger partial charge in [-0.1, -0.05) is 0 Å². The number of amides is 1. The predicted molar refractivity (Wildman–Crippen MR) is 77.0 cm³/mol. The van der Waals surface area contributed by atoms with E-state index in [0.29, 0.717) is 12.2 Å². The smallest absolute Gasteiger partial charge is 0.253 e. The second-order valence-electron chi connectivity index (χ2n) is 5.22. The maximum absolute atomic E-state index is 12.6. The van der Waals surface area contributed by atoms with E-state index >= 15 is 0 Å². The second-order valence-corrected chi connectivity index (χ2v) is 5.22. The van der Waals surface area contributed by atoms with E-state index < -0.39 is 5.54 Å². The van der Waals surface area contributed by atoms with Crippen molar-refractivity contribution in [1.82, 2.24) is 15.2 Å². The van der Waals surface area contributed by atoms with Crippen molar-refractivity contribution < 1.29 is 14.7 Å². The number of allylic oxidation sites excluding steroid dienone is 1. The molecule has 2 heterocycles. The number of pyridine rings is 1. The van der Waals surface area contributed by atoms with Crippen molar-refractivity contribution in [2.45, 2.75) is 25.3 Å². The van der Waals surface area contributed by atoms with Crippen LogP contribution in [0, 0.1) is 0 Å². The normalized spacial score (nSPS) is 23.5. The minimum atomic E-state index is -0.924. The van der Waals surface area contributed by atoms with E-state index in [-0.39, 0.29) is 24.7 Å². The van der Waals surface area contributed by atoms with Gasteiger partial charge in [0, 0.05) is 45.0 Å². The summed E-state index contributed by atoms with van der Waals surface area (Å²) in [5, 5.41) is 12.5. The molecule has 1 aliphatic rings. The van der Waals surface area contributed by atoms with Gasteiger partial charge in [-0.25, -0.2) is 0 Å². The van der Waals surface area contributed by atoms with Crippen LogP contribution in [0.4, 0.5) is 0 Å². The summed E-state index contributed by atoms with van der Waals surface area (Å²) in [4.78, 5) is 29.2. The second kappa shape index (κ2) is 6.05. The molecule has 1 aliphatic heterocycles. The van der Waals surface area contributed by atoms with E-state index in [2.05, 4.69) is 10.3 Å². The molecule has 1 saturated heterocycles. The van der Waals surface area contributed by atoms with Crippen LogP contribution in [-0.4, -0.2) is 45.9 Å². The number of rotatable bonds is 5. The average molecular weight is 289 g/mol. The fourth-order valence-electron chi connectivity index (χ4n) is 2.56. The number of aliphatic hydroxyl groups is 1. The number of likely N-dealkylation sites (N-methyl/N-ethyl adjacent to an activating group) is 1. The molecule has 0 aliphatic carbocycles. The van der Waals surface area contributed by atoms with E-state index in [9.17, 15) is 14.7 Å². The quantitative estimate of drug-likeness (QED) is 0.759. The molecule has 21 heavy (non-hydrogen) atoms. The predicted octanol–water partition coefficient (Wildman–Crippen LogP) is 0.237. The zero-order valence-corrected chi connectivity index (χ0v) is 12.2. The van der Waals surface area contributed by atoms with E-state index in [1.165, 1.54) is 17.9 Å². The van der Waals surface area contributed by atoms with Crippen LogP contribution in [0.15, 0.2) is 36.4 Å². The zero-order chi connectivity index (χ0) is 15.5. The van der Waals surface area contributed by atoms with Gasteiger partial charge in [-0.3, -0.25) is 19.5 Å². The fourth-order valence-corrected chi connectivity index (χ4v) is 2.56. The van der Waals surface area contributed by atoms with Gasteiger partial charge < -0.3 is 10.4 Å². The highest BCUT2D eigenvalue weighted by atomic mass is 16.3. The van der Waals surface area contributed by atoms with E-state index in [4.69, 9.17) is 0 Å². The summed E-state index contributed by atoms with van der Waals surface area (Å²) >= 11 is 0. The largest absolute Gasteiger partial charge is 0.396 e. The van der Waals surface area contributed by atoms with Crippen LogP contribution in [-0.2, 0) is 16.0 Å². The van der Waals surface area contributed by atoms with E-state index in [1.807, 2.05) is 12.1 Å². The van der Waals surface area contributed by atoms with Crippen molar-refractivity contribution in [1.29, 1.82) is 0 Å². The van der Waals surface area contributed by atoms with Gasteiger partial charge in [-0.2, -0.15) is 0 Å².